The Morgan fingerprint density at radius 2 is 2.44 bits per heavy atom. The van der Waals surface area contributed by atoms with Gasteiger partial charge in [0.05, 0.1) is 13.2 Å². The lowest BCUT2D eigenvalue weighted by molar-refractivity contribution is -0.000322. The van der Waals surface area contributed by atoms with Crippen LogP contribution in [-0.4, -0.2) is 30.8 Å². The molecule has 1 N–H and O–H groups in total. The SMILES string of the molecule is CCC1CC(NCc2ccnc(OC)c2)CCO1. The Morgan fingerprint density at radius 3 is 3.22 bits per heavy atom. The van der Waals surface area contributed by atoms with Gasteiger partial charge < -0.3 is 14.8 Å². The fourth-order valence-electron chi connectivity index (χ4n) is 2.28. The number of rotatable bonds is 5. The minimum absolute atomic E-state index is 0.420. The average molecular weight is 250 g/mol. The molecular weight excluding hydrogens is 228 g/mol. The summed E-state index contributed by atoms with van der Waals surface area (Å²) >= 11 is 0. The molecule has 18 heavy (non-hydrogen) atoms. The summed E-state index contributed by atoms with van der Waals surface area (Å²) < 4.78 is 10.8. The first-order valence-corrected chi connectivity index (χ1v) is 6.65. The molecule has 100 valence electrons. The normalized spacial score (nSPS) is 23.9. The van der Waals surface area contributed by atoms with E-state index in [0.29, 0.717) is 18.0 Å². The molecule has 2 rings (SSSR count). The molecule has 0 amide bonds. The molecule has 0 aliphatic carbocycles. The van der Waals surface area contributed by atoms with Crippen molar-refractivity contribution in [1.82, 2.24) is 10.3 Å². The first-order chi connectivity index (χ1) is 8.81. The summed E-state index contributed by atoms with van der Waals surface area (Å²) in [5.41, 5.74) is 1.21. The van der Waals surface area contributed by atoms with Crippen molar-refractivity contribution in [3.05, 3.63) is 23.9 Å². The summed E-state index contributed by atoms with van der Waals surface area (Å²) in [7, 11) is 1.64. The van der Waals surface area contributed by atoms with Crippen LogP contribution < -0.4 is 10.1 Å². The Bertz CT molecular complexity index is 371. The molecule has 0 bridgehead atoms. The van der Waals surface area contributed by atoms with Crippen molar-refractivity contribution in [2.75, 3.05) is 13.7 Å². The van der Waals surface area contributed by atoms with Crippen molar-refractivity contribution in [1.29, 1.82) is 0 Å². The molecule has 0 radical (unpaired) electrons. The predicted octanol–water partition coefficient (Wildman–Crippen LogP) is 2.14. The maximum Gasteiger partial charge on any atom is 0.213 e. The van der Waals surface area contributed by atoms with E-state index in [1.165, 1.54) is 5.56 Å². The van der Waals surface area contributed by atoms with E-state index in [9.17, 15) is 0 Å². The van der Waals surface area contributed by atoms with Gasteiger partial charge in [0.2, 0.25) is 5.88 Å². The van der Waals surface area contributed by atoms with Crippen LogP contribution in [0.25, 0.3) is 0 Å². The molecule has 2 atom stereocenters. The van der Waals surface area contributed by atoms with E-state index in [2.05, 4.69) is 17.2 Å². The van der Waals surface area contributed by atoms with Crippen LogP contribution in [0.3, 0.4) is 0 Å². The molecule has 0 aromatic carbocycles. The lowest BCUT2D eigenvalue weighted by Gasteiger charge is -2.29. The number of methoxy groups -OCH3 is 1. The molecule has 1 aromatic rings. The average Bonchev–Trinajstić information content (AvgIpc) is 2.45. The van der Waals surface area contributed by atoms with Crippen LogP contribution in [0.4, 0.5) is 0 Å². The van der Waals surface area contributed by atoms with Crippen LogP contribution in [0.2, 0.25) is 0 Å². The third-order valence-corrected chi connectivity index (χ3v) is 3.43. The second kappa shape index (κ2) is 6.71. The van der Waals surface area contributed by atoms with Gasteiger partial charge in [-0.05, 0) is 30.9 Å². The summed E-state index contributed by atoms with van der Waals surface area (Å²) in [6.07, 6.45) is 5.51. The van der Waals surface area contributed by atoms with Gasteiger partial charge in [0.25, 0.3) is 0 Å². The highest BCUT2D eigenvalue weighted by atomic mass is 16.5. The van der Waals surface area contributed by atoms with Gasteiger partial charge in [-0.3, -0.25) is 0 Å². The van der Waals surface area contributed by atoms with E-state index in [0.717, 1.165) is 32.4 Å². The first kappa shape index (κ1) is 13.3. The molecule has 4 nitrogen and oxygen atoms in total. The summed E-state index contributed by atoms with van der Waals surface area (Å²) in [6, 6.07) is 4.55. The van der Waals surface area contributed by atoms with E-state index >= 15 is 0 Å². The highest BCUT2D eigenvalue weighted by molar-refractivity contribution is 5.20. The zero-order valence-electron chi connectivity index (χ0n) is 11.2. The largest absolute Gasteiger partial charge is 0.481 e. The summed E-state index contributed by atoms with van der Waals surface area (Å²) in [6.45, 7) is 3.91. The van der Waals surface area contributed by atoms with Crippen LogP contribution in [-0.2, 0) is 11.3 Å². The van der Waals surface area contributed by atoms with E-state index in [-0.39, 0.29) is 0 Å². The Kier molecular flexibility index (Phi) is 4.96. The molecule has 1 aliphatic rings. The van der Waals surface area contributed by atoms with Crippen LogP contribution in [0, 0.1) is 0 Å². The quantitative estimate of drug-likeness (QED) is 0.869. The van der Waals surface area contributed by atoms with Crippen LogP contribution >= 0.6 is 0 Å². The lowest BCUT2D eigenvalue weighted by Crippen LogP contribution is -2.38. The summed E-state index contributed by atoms with van der Waals surface area (Å²) in [5.74, 6) is 0.674. The van der Waals surface area contributed by atoms with Crippen LogP contribution in [0.15, 0.2) is 18.3 Å². The summed E-state index contributed by atoms with van der Waals surface area (Å²) in [5, 5.41) is 3.59. The fourth-order valence-corrected chi connectivity index (χ4v) is 2.28. The Balaban J connectivity index is 1.83. The zero-order chi connectivity index (χ0) is 12.8. The van der Waals surface area contributed by atoms with Crippen molar-refractivity contribution in [3.63, 3.8) is 0 Å². The number of nitrogens with zero attached hydrogens (tertiary/aromatic N) is 1. The number of ether oxygens (including phenoxy) is 2. The molecule has 2 heterocycles. The number of hydrogen-bond acceptors (Lipinski definition) is 4. The van der Waals surface area contributed by atoms with Gasteiger partial charge in [0.1, 0.15) is 0 Å². The van der Waals surface area contributed by atoms with Crippen molar-refractivity contribution < 1.29 is 9.47 Å². The second-order valence-electron chi connectivity index (χ2n) is 4.71. The van der Waals surface area contributed by atoms with Crippen LogP contribution in [0.5, 0.6) is 5.88 Å². The molecule has 1 fully saturated rings. The van der Waals surface area contributed by atoms with Crippen molar-refractivity contribution in [3.8, 4) is 5.88 Å². The van der Waals surface area contributed by atoms with E-state index < -0.39 is 0 Å². The standard InChI is InChI=1S/C14H22N2O2/c1-3-13-9-12(5-7-18-13)16-10-11-4-6-15-14(8-11)17-2/h4,6,8,12-13,16H,3,5,7,9-10H2,1-2H3. The minimum Gasteiger partial charge on any atom is -0.481 e. The predicted molar refractivity (Wildman–Crippen MR) is 70.7 cm³/mol. The highest BCUT2D eigenvalue weighted by Crippen LogP contribution is 2.17. The van der Waals surface area contributed by atoms with Gasteiger partial charge in [-0.25, -0.2) is 4.98 Å². The van der Waals surface area contributed by atoms with Crippen LogP contribution in [0.1, 0.15) is 31.7 Å². The molecule has 2 unspecified atom stereocenters. The second-order valence-corrected chi connectivity index (χ2v) is 4.71. The molecule has 4 heteroatoms. The van der Waals surface area contributed by atoms with E-state index in [4.69, 9.17) is 9.47 Å². The first-order valence-electron chi connectivity index (χ1n) is 6.65. The molecule has 1 aliphatic heterocycles. The van der Waals surface area contributed by atoms with Crippen molar-refractivity contribution in [2.24, 2.45) is 0 Å². The maximum absolute atomic E-state index is 5.68. The van der Waals surface area contributed by atoms with Gasteiger partial charge >= 0.3 is 0 Å². The zero-order valence-corrected chi connectivity index (χ0v) is 11.2. The summed E-state index contributed by atoms with van der Waals surface area (Å²) in [4.78, 5) is 4.11. The van der Waals surface area contributed by atoms with Gasteiger partial charge in [0, 0.05) is 31.5 Å². The lowest BCUT2D eigenvalue weighted by atomic mass is 10.0. The molecule has 0 spiro atoms. The number of pyridine rings is 1. The Morgan fingerprint density at radius 1 is 1.56 bits per heavy atom. The van der Waals surface area contributed by atoms with Gasteiger partial charge in [-0.1, -0.05) is 6.92 Å². The topological polar surface area (TPSA) is 43.4 Å². The molecular formula is C14H22N2O2. The van der Waals surface area contributed by atoms with E-state index in [1.54, 1.807) is 13.3 Å². The van der Waals surface area contributed by atoms with Crippen molar-refractivity contribution in [2.45, 2.75) is 44.9 Å². The Labute approximate surface area is 109 Å². The Hall–Kier alpha value is -1.13. The fraction of sp³-hybridized carbons (Fsp3) is 0.643. The smallest absolute Gasteiger partial charge is 0.213 e. The minimum atomic E-state index is 0.420. The number of nitrogens with one attached hydrogen (secondary N) is 1. The van der Waals surface area contributed by atoms with Gasteiger partial charge in [-0.2, -0.15) is 0 Å². The molecule has 1 saturated heterocycles. The maximum atomic E-state index is 5.68. The molecule has 1 aromatic heterocycles. The monoisotopic (exact) mass is 250 g/mol. The van der Waals surface area contributed by atoms with Crippen molar-refractivity contribution >= 4 is 0 Å². The molecule has 0 saturated carbocycles. The number of hydrogen-bond donors (Lipinski definition) is 1. The number of aromatic nitrogens is 1. The highest BCUT2D eigenvalue weighted by Gasteiger charge is 2.20. The van der Waals surface area contributed by atoms with Gasteiger partial charge in [-0.15, -0.1) is 0 Å². The third kappa shape index (κ3) is 3.68. The third-order valence-electron chi connectivity index (χ3n) is 3.43. The van der Waals surface area contributed by atoms with Gasteiger partial charge in [0.15, 0.2) is 0 Å². The van der Waals surface area contributed by atoms with E-state index in [1.807, 2.05) is 12.1 Å².